The second-order valence-corrected chi connectivity index (χ2v) is 8.76. The van der Waals surface area contributed by atoms with Gasteiger partial charge in [-0.05, 0) is 61.3 Å². The quantitative estimate of drug-likeness (QED) is 0.766. The second kappa shape index (κ2) is 7.61. The molecule has 154 valence electrons. The van der Waals surface area contributed by atoms with Crippen LogP contribution in [-0.2, 0) is 20.9 Å². The number of fused-ring (bicyclic) bond motifs is 1. The Balaban J connectivity index is 1.45. The molecule has 2 fully saturated rings. The zero-order valence-corrected chi connectivity index (χ0v) is 16.9. The molecule has 0 bridgehead atoms. The summed E-state index contributed by atoms with van der Waals surface area (Å²) in [7, 11) is 0. The monoisotopic (exact) mass is 397 g/mol. The van der Waals surface area contributed by atoms with Crippen molar-refractivity contribution in [3.8, 4) is 0 Å². The molecule has 2 unspecified atom stereocenters. The number of piperidine rings is 1. The molecule has 1 saturated carbocycles. The summed E-state index contributed by atoms with van der Waals surface area (Å²) >= 11 is 0. The van der Waals surface area contributed by atoms with Gasteiger partial charge in [-0.1, -0.05) is 13.8 Å². The van der Waals surface area contributed by atoms with Gasteiger partial charge in [-0.15, -0.1) is 0 Å². The maximum Gasteiger partial charge on any atom is 0.255 e. The molecule has 2 aliphatic heterocycles. The highest BCUT2D eigenvalue weighted by atomic mass is 16.2. The maximum atomic E-state index is 12.8. The van der Waals surface area contributed by atoms with Gasteiger partial charge in [0.15, 0.2) is 0 Å². The van der Waals surface area contributed by atoms with Crippen LogP contribution in [0, 0.1) is 17.8 Å². The molecular weight excluding hydrogens is 370 g/mol. The Morgan fingerprint density at radius 1 is 1.14 bits per heavy atom. The van der Waals surface area contributed by atoms with E-state index in [1.165, 1.54) is 4.90 Å². The van der Waals surface area contributed by atoms with Crippen molar-refractivity contribution in [2.45, 2.75) is 58.5 Å². The molecule has 4 amide bonds. The molecule has 0 aromatic heterocycles. The van der Waals surface area contributed by atoms with E-state index < -0.39 is 11.9 Å². The average Bonchev–Trinajstić information content (AvgIpc) is 2.97. The molecule has 29 heavy (non-hydrogen) atoms. The third-order valence-electron chi connectivity index (χ3n) is 6.56. The number of imide groups is 1. The Morgan fingerprint density at radius 3 is 2.66 bits per heavy atom. The summed E-state index contributed by atoms with van der Waals surface area (Å²) in [5, 5.41) is 5.32. The Kier molecular flexibility index (Phi) is 5.15. The number of anilines is 1. The Hall–Kier alpha value is -2.70. The molecule has 0 spiro atoms. The van der Waals surface area contributed by atoms with E-state index in [-0.39, 0.29) is 30.1 Å². The van der Waals surface area contributed by atoms with Gasteiger partial charge in [-0.25, -0.2) is 0 Å². The van der Waals surface area contributed by atoms with E-state index in [9.17, 15) is 19.2 Å². The molecule has 4 atom stereocenters. The molecule has 1 saturated heterocycles. The van der Waals surface area contributed by atoms with Crippen LogP contribution in [0.15, 0.2) is 18.2 Å². The summed E-state index contributed by atoms with van der Waals surface area (Å²) in [6, 6.07) is 4.66. The Labute approximate surface area is 170 Å². The third-order valence-corrected chi connectivity index (χ3v) is 6.56. The van der Waals surface area contributed by atoms with Crippen molar-refractivity contribution in [3.05, 3.63) is 29.3 Å². The molecule has 2 N–H and O–H groups in total. The second-order valence-electron chi connectivity index (χ2n) is 8.76. The molecule has 4 rings (SSSR count). The first-order valence-corrected chi connectivity index (χ1v) is 10.4. The van der Waals surface area contributed by atoms with Crippen molar-refractivity contribution < 1.29 is 19.2 Å². The minimum Gasteiger partial charge on any atom is -0.326 e. The minimum atomic E-state index is -0.629. The van der Waals surface area contributed by atoms with Gasteiger partial charge in [0.2, 0.25) is 17.7 Å². The van der Waals surface area contributed by atoms with Gasteiger partial charge in [0.1, 0.15) is 6.04 Å². The molecule has 7 nitrogen and oxygen atoms in total. The van der Waals surface area contributed by atoms with Crippen LogP contribution in [0.5, 0.6) is 0 Å². The largest absolute Gasteiger partial charge is 0.326 e. The number of carbonyl (C=O) groups excluding carboxylic acids is 4. The zero-order valence-electron chi connectivity index (χ0n) is 16.9. The van der Waals surface area contributed by atoms with Crippen LogP contribution in [0.1, 0.15) is 61.9 Å². The van der Waals surface area contributed by atoms with Crippen molar-refractivity contribution in [3.63, 3.8) is 0 Å². The van der Waals surface area contributed by atoms with Crippen LogP contribution in [0.2, 0.25) is 0 Å². The first kappa shape index (κ1) is 19.6. The van der Waals surface area contributed by atoms with Gasteiger partial charge >= 0.3 is 0 Å². The van der Waals surface area contributed by atoms with Crippen LogP contribution in [0.4, 0.5) is 5.69 Å². The smallest absolute Gasteiger partial charge is 0.255 e. The maximum absolute atomic E-state index is 12.8. The van der Waals surface area contributed by atoms with Crippen molar-refractivity contribution in [1.29, 1.82) is 0 Å². The molecule has 1 aliphatic carbocycles. The molecule has 1 aromatic carbocycles. The first-order valence-electron chi connectivity index (χ1n) is 10.4. The number of carbonyl (C=O) groups is 4. The molecule has 2 heterocycles. The lowest BCUT2D eigenvalue weighted by Crippen LogP contribution is -2.52. The minimum absolute atomic E-state index is 0.0149. The van der Waals surface area contributed by atoms with Crippen molar-refractivity contribution in [2.24, 2.45) is 17.8 Å². The van der Waals surface area contributed by atoms with Crippen LogP contribution in [-0.4, -0.2) is 34.6 Å². The standard InChI is InChI=1S/C22H27N3O4/c1-12-3-5-16(13(2)9-12)20(27)23-15-4-6-17-14(10-15)11-25(22(17)29)18-7-8-19(26)24-21(18)28/h4,6,10,12-13,16,18H,3,5,7-9,11H2,1-2H3,(H,23,27)(H,24,26,28)/t12-,13-,16?,18?/m1/s1. The summed E-state index contributed by atoms with van der Waals surface area (Å²) in [6.07, 6.45) is 3.61. The van der Waals surface area contributed by atoms with E-state index >= 15 is 0 Å². The van der Waals surface area contributed by atoms with E-state index in [4.69, 9.17) is 0 Å². The number of hydrogen-bond acceptors (Lipinski definition) is 4. The van der Waals surface area contributed by atoms with Gasteiger partial charge in [0.05, 0.1) is 0 Å². The highest BCUT2D eigenvalue weighted by Crippen LogP contribution is 2.35. The van der Waals surface area contributed by atoms with Gasteiger partial charge < -0.3 is 10.2 Å². The fourth-order valence-electron chi connectivity index (χ4n) is 4.94. The zero-order chi connectivity index (χ0) is 20.7. The number of benzene rings is 1. The number of hydrogen-bond donors (Lipinski definition) is 2. The predicted octanol–water partition coefficient (Wildman–Crippen LogP) is 2.46. The lowest BCUT2D eigenvalue weighted by Gasteiger charge is -2.31. The number of nitrogens with zero attached hydrogens (tertiary/aromatic N) is 1. The first-order chi connectivity index (χ1) is 13.8. The molecule has 3 aliphatic rings. The molecular formula is C22H27N3O4. The summed E-state index contributed by atoms with van der Waals surface area (Å²) in [6.45, 7) is 4.68. The van der Waals surface area contributed by atoms with Crippen LogP contribution in [0.3, 0.4) is 0 Å². The van der Waals surface area contributed by atoms with Gasteiger partial charge in [0.25, 0.3) is 5.91 Å². The highest BCUT2D eigenvalue weighted by molar-refractivity contribution is 6.05. The van der Waals surface area contributed by atoms with Gasteiger partial charge in [-0.2, -0.15) is 0 Å². The number of nitrogens with one attached hydrogen (secondary N) is 2. The average molecular weight is 397 g/mol. The Bertz CT molecular complexity index is 881. The number of amides is 4. The fourth-order valence-corrected chi connectivity index (χ4v) is 4.94. The van der Waals surface area contributed by atoms with E-state index in [0.717, 1.165) is 24.8 Å². The molecule has 7 heteroatoms. The number of rotatable bonds is 3. The predicted molar refractivity (Wildman–Crippen MR) is 107 cm³/mol. The van der Waals surface area contributed by atoms with Crippen LogP contribution in [0.25, 0.3) is 0 Å². The third kappa shape index (κ3) is 3.78. The van der Waals surface area contributed by atoms with Crippen LogP contribution >= 0.6 is 0 Å². The Morgan fingerprint density at radius 2 is 1.93 bits per heavy atom. The summed E-state index contributed by atoms with van der Waals surface area (Å²) in [4.78, 5) is 50.6. The van der Waals surface area contributed by atoms with Gasteiger partial charge in [-0.3, -0.25) is 24.5 Å². The van der Waals surface area contributed by atoms with Crippen molar-refractivity contribution >= 4 is 29.3 Å². The van der Waals surface area contributed by atoms with E-state index in [0.29, 0.717) is 36.1 Å². The highest BCUT2D eigenvalue weighted by Gasteiger charge is 2.39. The van der Waals surface area contributed by atoms with Gasteiger partial charge in [0, 0.05) is 30.1 Å². The summed E-state index contributed by atoms with van der Waals surface area (Å²) in [5.41, 5.74) is 2.02. The lowest BCUT2D eigenvalue weighted by molar-refractivity contribution is -0.137. The van der Waals surface area contributed by atoms with Crippen molar-refractivity contribution in [2.75, 3.05) is 5.32 Å². The topological polar surface area (TPSA) is 95.6 Å². The van der Waals surface area contributed by atoms with Crippen molar-refractivity contribution in [1.82, 2.24) is 10.2 Å². The van der Waals surface area contributed by atoms with E-state index in [1.807, 2.05) is 6.07 Å². The fraction of sp³-hybridized carbons (Fsp3) is 0.545. The van der Waals surface area contributed by atoms with E-state index in [2.05, 4.69) is 24.5 Å². The molecule has 0 radical (unpaired) electrons. The lowest BCUT2D eigenvalue weighted by atomic mass is 9.75. The molecule has 1 aromatic rings. The SMILES string of the molecule is C[C@@H]1CCC(C(=O)Nc2ccc3c(c2)CN(C2CCC(=O)NC2=O)C3=O)[C@H](C)C1. The summed E-state index contributed by atoms with van der Waals surface area (Å²) < 4.78 is 0. The van der Waals surface area contributed by atoms with E-state index in [1.54, 1.807) is 12.1 Å². The summed E-state index contributed by atoms with van der Waals surface area (Å²) in [5.74, 6) is 0.151. The van der Waals surface area contributed by atoms with Crippen LogP contribution < -0.4 is 10.6 Å². The normalized spacial score (nSPS) is 29.4.